The molecule has 0 aromatic rings. The fraction of sp³-hybridized carbons (Fsp3) is 0.727. The van der Waals surface area contributed by atoms with E-state index in [9.17, 15) is 4.79 Å². The Kier molecular flexibility index (Phi) is 7.36. The van der Waals surface area contributed by atoms with Crippen LogP contribution in [0.4, 0.5) is 0 Å². The van der Waals surface area contributed by atoms with Gasteiger partial charge in [-0.2, -0.15) is 0 Å². The Hall–Kier alpha value is -0.790. The summed E-state index contributed by atoms with van der Waals surface area (Å²) in [6, 6.07) is 0. The Labute approximate surface area is 81.0 Å². The van der Waals surface area contributed by atoms with Crippen molar-refractivity contribution in [3.05, 3.63) is 12.2 Å². The maximum absolute atomic E-state index is 11.2. The summed E-state index contributed by atoms with van der Waals surface area (Å²) in [6.45, 7) is 4.12. The van der Waals surface area contributed by atoms with Crippen LogP contribution in [-0.4, -0.2) is 13.1 Å². The van der Waals surface area contributed by atoms with Crippen LogP contribution in [0.15, 0.2) is 12.2 Å². The van der Waals surface area contributed by atoms with Gasteiger partial charge in [0.1, 0.15) is 0 Å². The average Bonchev–Trinajstić information content (AvgIpc) is 2.17. The minimum absolute atomic E-state index is 0.0755. The minimum atomic E-state index is -0.0765. The summed E-state index contributed by atoms with van der Waals surface area (Å²) in [4.78, 5) is 11.2. The number of rotatable bonds is 6. The Balaban J connectivity index is 3.72. The van der Waals surface area contributed by atoms with Crippen molar-refractivity contribution in [2.24, 2.45) is 5.92 Å². The molecule has 76 valence electrons. The van der Waals surface area contributed by atoms with E-state index in [0.29, 0.717) is 0 Å². The first-order valence-corrected chi connectivity index (χ1v) is 4.99. The number of allylic oxidation sites excluding steroid dienone is 2. The second-order valence-corrected chi connectivity index (χ2v) is 3.09. The topological polar surface area (TPSA) is 26.3 Å². The molecule has 0 heterocycles. The largest absolute Gasteiger partial charge is 0.469 e. The highest BCUT2D eigenvalue weighted by Crippen LogP contribution is 2.12. The summed E-state index contributed by atoms with van der Waals surface area (Å²) in [5, 5.41) is 0. The molecule has 0 spiro atoms. The summed E-state index contributed by atoms with van der Waals surface area (Å²) in [5.41, 5.74) is 0. The number of esters is 1. The number of methoxy groups -OCH3 is 1. The molecule has 0 bridgehead atoms. The molecular formula is C11H20O2. The van der Waals surface area contributed by atoms with Crippen LogP contribution in [0.5, 0.6) is 0 Å². The van der Waals surface area contributed by atoms with Crippen molar-refractivity contribution in [2.45, 2.75) is 39.5 Å². The van der Waals surface area contributed by atoms with Crippen LogP contribution in [-0.2, 0) is 9.53 Å². The highest BCUT2D eigenvalue weighted by molar-refractivity contribution is 5.72. The van der Waals surface area contributed by atoms with Gasteiger partial charge in [-0.3, -0.25) is 4.79 Å². The van der Waals surface area contributed by atoms with Gasteiger partial charge < -0.3 is 4.74 Å². The molecule has 0 aliphatic heterocycles. The molecular weight excluding hydrogens is 164 g/mol. The molecule has 2 heteroatoms. The van der Waals surface area contributed by atoms with Gasteiger partial charge in [-0.25, -0.2) is 0 Å². The fourth-order valence-corrected chi connectivity index (χ4v) is 1.24. The van der Waals surface area contributed by atoms with Crippen LogP contribution in [0.3, 0.4) is 0 Å². The minimum Gasteiger partial charge on any atom is -0.469 e. The van der Waals surface area contributed by atoms with Gasteiger partial charge in [0, 0.05) is 0 Å². The monoisotopic (exact) mass is 184 g/mol. The molecule has 1 atom stereocenters. The summed E-state index contributed by atoms with van der Waals surface area (Å²) in [6.07, 6.45) is 8.07. The molecule has 0 aromatic heterocycles. The molecule has 0 rings (SSSR count). The van der Waals surface area contributed by atoms with Crippen LogP contribution in [0, 0.1) is 5.92 Å². The van der Waals surface area contributed by atoms with Gasteiger partial charge >= 0.3 is 5.97 Å². The lowest BCUT2D eigenvalue weighted by Crippen LogP contribution is -2.14. The zero-order valence-corrected chi connectivity index (χ0v) is 8.88. The van der Waals surface area contributed by atoms with Crippen molar-refractivity contribution in [3.8, 4) is 0 Å². The molecule has 0 fully saturated rings. The van der Waals surface area contributed by atoms with Gasteiger partial charge in [0.15, 0.2) is 0 Å². The van der Waals surface area contributed by atoms with Gasteiger partial charge in [-0.15, -0.1) is 0 Å². The van der Waals surface area contributed by atoms with E-state index in [2.05, 4.69) is 19.1 Å². The normalized spacial score (nSPS) is 13.2. The quantitative estimate of drug-likeness (QED) is 0.468. The van der Waals surface area contributed by atoms with Gasteiger partial charge in [-0.05, 0) is 25.7 Å². The van der Waals surface area contributed by atoms with Crippen molar-refractivity contribution in [3.63, 3.8) is 0 Å². The first-order valence-electron chi connectivity index (χ1n) is 4.99. The van der Waals surface area contributed by atoms with Crippen LogP contribution >= 0.6 is 0 Å². The second kappa shape index (κ2) is 7.84. The average molecular weight is 184 g/mol. The molecule has 0 N–H and O–H groups in total. The van der Waals surface area contributed by atoms with E-state index in [4.69, 9.17) is 4.74 Å². The SMILES string of the molecule is CC/C=C/CCC(CC)C(=O)OC. The van der Waals surface area contributed by atoms with Crippen molar-refractivity contribution in [2.75, 3.05) is 7.11 Å². The molecule has 1 unspecified atom stereocenters. The third kappa shape index (κ3) is 5.45. The molecule has 0 saturated heterocycles. The van der Waals surface area contributed by atoms with Gasteiger partial charge in [0.2, 0.25) is 0 Å². The van der Waals surface area contributed by atoms with E-state index >= 15 is 0 Å². The second-order valence-electron chi connectivity index (χ2n) is 3.09. The van der Waals surface area contributed by atoms with E-state index in [0.717, 1.165) is 25.7 Å². The van der Waals surface area contributed by atoms with Crippen LogP contribution in [0.2, 0.25) is 0 Å². The molecule has 0 radical (unpaired) electrons. The van der Waals surface area contributed by atoms with E-state index in [-0.39, 0.29) is 11.9 Å². The lowest BCUT2D eigenvalue weighted by Gasteiger charge is -2.09. The van der Waals surface area contributed by atoms with E-state index in [1.54, 1.807) is 0 Å². The van der Waals surface area contributed by atoms with Gasteiger partial charge in [0.25, 0.3) is 0 Å². The van der Waals surface area contributed by atoms with Crippen LogP contribution in [0.1, 0.15) is 39.5 Å². The smallest absolute Gasteiger partial charge is 0.308 e. The predicted molar refractivity (Wildman–Crippen MR) is 54.5 cm³/mol. The van der Waals surface area contributed by atoms with Crippen molar-refractivity contribution < 1.29 is 9.53 Å². The van der Waals surface area contributed by atoms with Crippen LogP contribution < -0.4 is 0 Å². The maximum Gasteiger partial charge on any atom is 0.308 e. The first-order chi connectivity index (χ1) is 6.26. The van der Waals surface area contributed by atoms with Gasteiger partial charge in [-0.1, -0.05) is 26.0 Å². The Morgan fingerprint density at radius 2 is 2.08 bits per heavy atom. The van der Waals surface area contributed by atoms with E-state index in [1.807, 2.05) is 6.92 Å². The number of carbonyl (C=O) groups is 1. The number of hydrogen-bond acceptors (Lipinski definition) is 2. The lowest BCUT2D eigenvalue weighted by molar-refractivity contribution is -0.145. The molecule has 0 amide bonds. The van der Waals surface area contributed by atoms with E-state index < -0.39 is 0 Å². The highest BCUT2D eigenvalue weighted by Gasteiger charge is 2.14. The third-order valence-corrected chi connectivity index (χ3v) is 2.11. The number of ether oxygens (including phenoxy) is 1. The molecule has 13 heavy (non-hydrogen) atoms. The van der Waals surface area contributed by atoms with Gasteiger partial charge in [0.05, 0.1) is 13.0 Å². The number of carbonyl (C=O) groups excluding carboxylic acids is 1. The Morgan fingerprint density at radius 3 is 2.54 bits per heavy atom. The summed E-state index contributed by atoms with van der Waals surface area (Å²) in [5.74, 6) is -0.00101. The Bertz CT molecular complexity index is 161. The standard InChI is InChI=1S/C11H20O2/c1-4-6-7-8-9-10(5-2)11(12)13-3/h6-7,10H,4-5,8-9H2,1-3H3/b7-6+. The molecule has 0 aromatic carbocycles. The van der Waals surface area contributed by atoms with Crippen molar-refractivity contribution >= 4 is 5.97 Å². The first kappa shape index (κ1) is 12.2. The molecule has 2 nitrogen and oxygen atoms in total. The fourth-order valence-electron chi connectivity index (χ4n) is 1.24. The zero-order chi connectivity index (χ0) is 10.1. The van der Waals surface area contributed by atoms with Crippen molar-refractivity contribution in [1.82, 2.24) is 0 Å². The third-order valence-electron chi connectivity index (χ3n) is 2.11. The summed E-state index contributed by atoms with van der Waals surface area (Å²) >= 11 is 0. The highest BCUT2D eigenvalue weighted by atomic mass is 16.5. The summed E-state index contributed by atoms with van der Waals surface area (Å²) in [7, 11) is 1.45. The zero-order valence-electron chi connectivity index (χ0n) is 8.88. The van der Waals surface area contributed by atoms with E-state index in [1.165, 1.54) is 7.11 Å². The molecule has 0 saturated carbocycles. The lowest BCUT2D eigenvalue weighted by atomic mass is 10.0. The summed E-state index contributed by atoms with van der Waals surface area (Å²) < 4.78 is 4.70. The van der Waals surface area contributed by atoms with Crippen molar-refractivity contribution in [1.29, 1.82) is 0 Å². The predicted octanol–water partition coefficient (Wildman–Crippen LogP) is 2.93. The van der Waals surface area contributed by atoms with Crippen LogP contribution in [0.25, 0.3) is 0 Å². The number of hydrogen-bond donors (Lipinski definition) is 0. The Morgan fingerprint density at radius 1 is 1.38 bits per heavy atom. The molecule has 0 aliphatic rings. The maximum atomic E-state index is 11.2. The molecule has 0 aliphatic carbocycles.